The number of carbonyl (C=O) groups excluding carboxylic acids is 1. The first-order chi connectivity index (χ1) is 12.7. The van der Waals surface area contributed by atoms with E-state index < -0.39 is 0 Å². The van der Waals surface area contributed by atoms with Gasteiger partial charge in [0.1, 0.15) is 5.75 Å². The zero-order valence-corrected chi connectivity index (χ0v) is 17.1. The molecular weight excluding hydrogens is 364 g/mol. The third-order valence-corrected chi connectivity index (χ3v) is 5.71. The van der Waals surface area contributed by atoms with Crippen LogP contribution in [0.2, 0.25) is 0 Å². The van der Waals surface area contributed by atoms with Gasteiger partial charge < -0.3 is 20.1 Å². The van der Waals surface area contributed by atoms with E-state index in [-0.39, 0.29) is 23.7 Å². The molecule has 1 aliphatic carbocycles. The van der Waals surface area contributed by atoms with Crippen LogP contribution in [0, 0.1) is 5.41 Å². The van der Waals surface area contributed by atoms with Gasteiger partial charge in [-0.25, -0.2) is 0 Å². The lowest BCUT2D eigenvalue weighted by molar-refractivity contribution is 0.0511. The van der Waals surface area contributed by atoms with Crippen LogP contribution in [0.4, 0.5) is 0 Å². The van der Waals surface area contributed by atoms with Crippen LogP contribution in [0.1, 0.15) is 55.3 Å². The van der Waals surface area contributed by atoms with Gasteiger partial charge in [-0.05, 0) is 75.9 Å². The Balaban J connectivity index is 0.00000261. The number of benzene rings is 1. The summed E-state index contributed by atoms with van der Waals surface area (Å²) in [6.07, 6.45) is 8.48. The molecule has 0 bridgehead atoms. The summed E-state index contributed by atoms with van der Waals surface area (Å²) >= 11 is 0. The van der Waals surface area contributed by atoms with Crippen molar-refractivity contribution in [1.82, 2.24) is 10.6 Å². The summed E-state index contributed by atoms with van der Waals surface area (Å²) in [5, 5.41) is 6.48. The van der Waals surface area contributed by atoms with Gasteiger partial charge in [-0.15, -0.1) is 12.4 Å². The fraction of sp³-hybridized carbons (Fsp3) is 0.667. The van der Waals surface area contributed by atoms with Crippen molar-refractivity contribution in [2.24, 2.45) is 5.41 Å². The highest BCUT2D eigenvalue weighted by atomic mass is 35.5. The second kappa shape index (κ2) is 10.9. The number of hydrogen-bond acceptors (Lipinski definition) is 4. The van der Waals surface area contributed by atoms with Crippen LogP contribution in [0.3, 0.4) is 0 Å². The average molecular weight is 397 g/mol. The maximum absolute atomic E-state index is 12.5. The Bertz CT molecular complexity index is 562. The van der Waals surface area contributed by atoms with E-state index in [0.717, 1.165) is 44.5 Å². The first-order valence-corrected chi connectivity index (χ1v) is 9.95. The lowest BCUT2D eigenvalue weighted by Crippen LogP contribution is -2.47. The predicted molar refractivity (Wildman–Crippen MR) is 110 cm³/mol. The molecule has 2 N–H and O–H groups in total. The van der Waals surface area contributed by atoms with E-state index in [0.29, 0.717) is 24.8 Å². The Morgan fingerprint density at radius 2 is 1.81 bits per heavy atom. The van der Waals surface area contributed by atoms with Crippen molar-refractivity contribution in [2.45, 2.75) is 51.0 Å². The van der Waals surface area contributed by atoms with E-state index in [4.69, 9.17) is 9.47 Å². The van der Waals surface area contributed by atoms with Gasteiger partial charge in [-0.3, -0.25) is 4.79 Å². The van der Waals surface area contributed by atoms with Gasteiger partial charge >= 0.3 is 0 Å². The molecule has 1 amide bonds. The maximum Gasteiger partial charge on any atom is 0.251 e. The molecule has 1 aliphatic heterocycles. The molecule has 0 spiro atoms. The number of hydrogen-bond donors (Lipinski definition) is 2. The first-order valence-electron chi connectivity index (χ1n) is 9.95. The van der Waals surface area contributed by atoms with E-state index in [1.54, 1.807) is 7.11 Å². The minimum atomic E-state index is -0.0248. The molecule has 2 fully saturated rings. The van der Waals surface area contributed by atoms with Gasteiger partial charge in [0.15, 0.2) is 0 Å². The number of rotatable bonds is 7. The topological polar surface area (TPSA) is 59.6 Å². The Labute approximate surface area is 169 Å². The fourth-order valence-electron chi connectivity index (χ4n) is 4.07. The van der Waals surface area contributed by atoms with Crippen molar-refractivity contribution in [1.29, 1.82) is 0 Å². The molecule has 0 radical (unpaired) electrons. The number of nitrogens with one attached hydrogen (secondary N) is 2. The number of halogens is 1. The molecule has 1 saturated carbocycles. The number of carbonyl (C=O) groups is 1. The smallest absolute Gasteiger partial charge is 0.251 e. The molecule has 0 atom stereocenters. The summed E-state index contributed by atoms with van der Waals surface area (Å²) in [4.78, 5) is 12.5. The SMILES string of the molecule is COCC1(CNC(=O)c2ccc(OC3CCCCC3)cc2)CCNCC1.Cl. The number of amides is 1. The van der Waals surface area contributed by atoms with Crippen molar-refractivity contribution in [2.75, 3.05) is 33.4 Å². The Kier molecular flexibility index (Phi) is 8.87. The zero-order chi connectivity index (χ0) is 18.2. The molecule has 1 saturated heterocycles. The van der Waals surface area contributed by atoms with Gasteiger partial charge in [0.2, 0.25) is 0 Å². The molecule has 2 aliphatic rings. The molecule has 3 rings (SSSR count). The van der Waals surface area contributed by atoms with Crippen molar-refractivity contribution in [3.05, 3.63) is 29.8 Å². The molecule has 1 heterocycles. The summed E-state index contributed by atoms with van der Waals surface area (Å²) in [6, 6.07) is 7.55. The summed E-state index contributed by atoms with van der Waals surface area (Å²) in [5.41, 5.74) is 0.724. The van der Waals surface area contributed by atoms with E-state index >= 15 is 0 Å². The summed E-state index contributed by atoms with van der Waals surface area (Å²) in [6.45, 7) is 3.30. The van der Waals surface area contributed by atoms with Crippen molar-refractivity contribution in [3.8, 4) is 5.75 Å². The Morgan fingerprint density at radius 1 is 1.15 bits per heavy atom. The highest BCUT2D eigenvalue weighted by molar-refractivity contribution is 5.94. The monoisotopic (exact) mass is 396 g/mol. The van der Waals surface area contributed by atoms with Gasteiger partial charge in [0, 0.05) is 24.6 Å². The lowest BCUT2D eigenvalue weighted by Gasteiger charge is -2.37. The first kappa shape index (κ1) is 22.0. The Morgan fingerprint density at radius 3 is 2.44 bits per heavy atom. The maximum atomic E-state index is 12.5. The van der Waals surface area contributed by atoms with Crippen LogP contribution in [0.15, 0.2) is 24.3 Å². The number of methoxy groups -OCH3 is 1. The van der Waals surface area contributed by atoms with E-state index in [1.165, 1.54) is 19.3 Å². The second-order valence-electron chi connectivity index (χ2n) is 7.77. The molecule has 27 heavy (non-hydrogen) atoms. The zero-order valence-electron chi connectivity index (χ0n) is 16.3. The molecular formula is C21H33ClN2O3. The van der Waals surface area contributed by atoms with Gasteiger partial charge in [-0.1, -0.05) is 6.42 Å². The highest BCUT2D eigenvalue weighted by Gasteiger charge is 2.32. The highest BCUT2D eigenvalue weighted by Crippen LogP contribution is 2.28. The van der Waals surface area contributed by atoms with Crippen molar-refractivity contribution < 1.29 is 14.3 Å². The third-order valence-electron chi connectivity index (χ3n) is 5.71. The Hall–Kier alpha value is -1.30. The van der Waals surface area contributed by atoms with Crippen LogP contribution in [-0.4, -0.2) is 45.4 Å². The lowest BCUT2D eigenvalue weighted by atomic mass is 9.79. The molecule has 152 valence electrons. The van der Waals surface area contributed by atoms with E-state index in [2.05, 4.69) is 10.6 Å². The van der Waals surface area contributed by atoms with Crippen LogP contribution in [0.25, 0.3) is 0 Å². The average Bonchev–Trinajstić information content (AvgIpc) is 2.69. The normalized spacial score (nSPS) is 19.7. The standard InChI is InChI=1S/C21H32N2O3.ClH/c1-25-16-21(11-13-22-14-12-21)15-23-20(24)17-7-9-19(10-8-17)26-18-5-3-2-4-6-18;/h7-10,18,22H,2-6,11-16H2,1H3,(H,23,24);1H. The molecule has 6 heteroatoms. The molecule has 0 aromatic heterocycles. The summed E-state index contributed by atoms with van der Waals surface area (Å²) < 4.78 is 11.5. The molecule has 5 nitrogen and oxygen atoms in total. The molecule has 0 unspecified atom stereocenters. The second-order valence-corrected chi connectivity index (χ2v) is 7.77. The van der Waals surface area contributed by atoms with Gasteiger partial charge in [0.25, 0.3) is 5.91 Å². The van der Waals surface area contributed by atoms with Crippen LogP contribution in [0.5, 0.6) is 5.75 Å². The predicted octanol–water partition coefficient (Wildman–Crippen LogP) is 3.57. The largest absolute Gasteiger partial charge is 0.490 e. The fourth-order valence-corrected chi connectivity index (χ4v) is 4.07. The summed E-state index contributed by atoms with van der Waals surface area (Å²) in [7, 11) is 1.73. The summed E-state index contributed by atoms with van der Waals surface area (Å²) in [5.74, 6) is 0.839. The van der Waals surface area contributed by atoms with Crippen molar-refractivity contribution in [3.63, 3.8) is 0 Å². The number of ether oxygens (including phenoxy) is 2. The number of piperidine rings is 1. The minimum Gasteiger partial charge on any atom is -0.490 e. The van der Waals surface area contributed by atoms with Gasteiger partial charge in [-0.2, -0.15) is 0 Å². The quantitative estimate of drug-likeness (QED) is 0.739. The van der Waals surface area contributed by atoms with Crippen molar-refractivity contribution >= 4 is 18.3 Å². The van der Waals surface area contributed by atoms with Gasteiger partial charge in [0.05, 0.1) is 12.7 Å². The van der Waals surface area contributed by atoms with Crippen LogP contribution in [-0.2, 0) is 4.74 Å². The molecule has 1 aromatic carbocycles. The van der Waals surface area contributed by atoms with E-state index in [1.807, 2.05) is 24.3 Å². The van der Waals surface area contributed by atoms with Crippen LogP contribution < -0.4 is 15.4 Å². The molecule has 1 aromatic rings. The third kappa shape index (κ3) is 6.37. The van der Waals surface area contributed by atoms with E-state index in [9.17, 15) is 4.79 Å². The minimum absolute atomic E-state index is 0. The van der Waals surface area contributed by atoms with Crippen LogP contribution >= 0.6 is 12.4 Å².